The quantitative estimate of drug-likeness (QED) is 0.312. The van der Waals surface area contributed by atoms with Crippen LogP contribution in [0.25, 0.3) is 0 Å². The number of nitrogen functional groups attached to an aromatic ring is 3. The first-order valence-corrected chi connectivity index (χ1v) is 7.56. The van der Waals surface area contributed by atoms with Gasteiger partial charge in [-0.25, -0.2) is 9.59 Å². The topological polar surface area (TPSA) is 232 Å². The highest BCUT2D eigenvalue weighted by atomic mass is 16.4. The van der Waals surface area contributed by atoms with Gasteiger partial charge in [0.15, 0.2) is 0 Å². The third-order valence-electron chi connectivity index (χ3n) is 3.30. The molecule has 0 unspecified atom stereocenters. The molecular weight excluding hydrogens is 360 g/mol. The van der Waals surface area contributed by atoms with E-state index in [9.17, 15) is 9.59 Å². The smallest absolute Gasteiger partial charge is 0.335 e. The molecule has 2 aromatic rings. The van der Waals surface area contributed by atoms with Gasteiger partial charge in [0.2, 0.25) is 17.8 Å². The summed E-state index contributed by atoms with van der Waals surface area (Å²) in [6.45, 7) is -0.580. The third kappa shape index (κ3) is 6.05. The fourth-order valence-corrected chi connectivity index (χ4v) is 2.32. The molecular formula is C15H20N6O6. The monoisotopic (exact) mass is 380 g/mol. The van der Waals surface area contributed by atoms with Crippen LogP contribution >= 0.6 is 0 Å². The van der Waals surface area contributed by atoms with Crippen molar-refractivity contribution in [1.82, 2.24) is 15.0 Å². The van der Waals surface area contributed by atoms with Crippen molar-refractivity contribution in [1.29, 1.82) is 0 Å². The molecule has 10 N–H and O–H groups in total. The van der Waals surface area contributed by atoms with Gasteiger partial charge in [-0.1, -0.05) is 0 Å². The number of aliphatic hydroxyl groups is 2. The summed E-state index contributed by atoms with van der Waals surface area (Å²) in [6, 6.07) is 2.41. The summed E-state index contributed by atoms with van der Waals surface area (Å²) in [7, 11) is 0. The van der Waals surface area contributed by atoms with Crippen molar-refractivity contribution < 1.29 is 30.0 Å². The second-order valence-corrected chi connectivity index (χ2v) is 5.09. The number of nitrogens with two attached hydrogens (primary N) is 3. The summed E-state index contributed by atoms with van der Waals surface area (Å²) >= 11 is 0. The number of anilines is 3. The molecule has 0 spiro atoms. The van der Waals surface area contributed by atoms with Gasteiger partial charge < -0.3 is 37.6 Å². The van der Waals surface area contributed by atoms with Crippen LogP contribution in [0.5, 0.6) is 0 Å². The maximum atomic E-state index is 11.0. The average molecular weight is 380 g/mol. The van der Waals surface area contributed by atoms with E-state index in [-0.39, 0.29) is 66.2 Å². The Hall–Kier alpha value is -3.51. The number of hydrogen-bond donors (Lipinski definition) is 7. The van der Waals surface area contributed by atoms with E-state index in [1.165, 1.54) is 12.1 Å². The predicted molar refractivity (Wildman–Crippen MR) is 95.0 cm³/mol. The first kappa shape index (κ1) is 21.5. The van der Waals surface area contributed by atoms with Crippen LogP contribution in [0.4, 0.5) is 17.8 Å². The highest BCUT2D eigenvalue weighted by Gasteiger charge is 2.19. The standard InChI is InChI=1S/C12H14O6.C3H6N6/c13-5-3-7-8(4-6-14)10(12(17)18)2-1-9(7)11(15)16;4-1-7-2(5)9-3(6)8-1/h1-2,13-14H,3-6H2,(H,15,16)(H,17,18);(H6,4,5,6,7,8,9). The molecule has 0 fully saturated rings. The maximum Gasteiger partial charge on any atom is 0.335 e. The van der Waals surface area contributed by atoms with Gasteiger partial charge in [0.05, 0.1) is 11.1 Å². The van der Waals surface area contributed by atoms with Crippen LogP contribution in [0.3, 0.4) is 0 Å². The highest BCUT2D eigenvalue weighted by molar-refractivity contribution is 5.95. The number of nitrogens with zero attached hydrogens (tertiary/aromatic N) is 3. The minimum Gasteiger partial charge on any atom is -0.478 e. The van der Waals surface area contributed by atoms with Crippen molar-refractivity contribution in [2.75, 3.05) is 30.4 Å². The molecule has 12 heteroatoms. The maximum absolute atomic E-state index is 11.0. The first-order chi connectivity index (χ1) is 12.7. The number of hydrogen-bond acceptors (Lipinski definition) is 10. The highest BCUT2D eigenvalue weighted by Crippen LogP contribution is 2.21. The molecule has 0 aliphatic carbocycles. The second-order valence-electron chi connectivity index (χ2n) is 5.09. The van der Waals surface area contributed by atoms with E-state index < -0.39 is 11.9 Å². The minimum absolute atomic E-state index is 0.0398. The van der Waals surface area contributed by atoms with Crippen LogP contribution in [-0.4, -0.2) is 60.5 Å². The van der Waals surface area contributed by atoms with Crippen molar-refractivity contribution >= 4 is 29.8 Å². The number of aromatic nitrogens is 3. The summed E-state index contributed by atoms with van der Waals surface area (Å²) in [5.74, 6) is -2.25. The Kier molecular flexibility index (Phi) is 7.85. The van der Waals surface area contributed by atoms with Gasteiger partial charge in [0.25, 0.3) is 0 Å². The van der Waals surface area contributed by atoms with Gasteiger partial charge in [0, 0.05) is 13.2 Å². The Morgan fingerprint density at radius 1 is 0.741 bits per heavy atom. The zero-order chi connectivity index (χ0) is 20.6. The van der Waals surface area contributed by atoms with E-state index in [4.69, 9.17) is 37.6 Å². The Morgan fingerprint density at radius 2 is 1.04 bits per heavy atom. The predicted octanol–water partition coefficient (Wildman–Crippen LogP) is -1.23. The van der Waals surface area contributed by atoms with Gasteiger partial charge in [-0.05, 0) is 36.1 Å². The zero-order valence-corrected chi connectivity index (χ0v) is 14.2. The summed E-state index contributed by atoms with van der Waals surface area (Å²) in [5.41, 5.74) is 15.8. The van der Waals surface area contributed by atoms with E-state index in [2.05, 4.69) is 15.0 Å². The first-order valence-electron chi connectivity index (χ1n) is 7.56. The van der Waals surface area contributed by atoms with Crippen molar-refractivity contribution in [3.8, 4) is 0 Å². The minimum atomic E-state index is -1.19. The van der Waals surface area contributed by atoms with Crippen molar-refractivity contribution in [3.63, 3.8) is 0 Å². The molecule has 146 valence electrons. The summed E-state index contributed by atoms with van der Waals surface area (Å²) in [5, 5.41) is 35.9. The van der Waals surface area contributed by atoms with Crippen LogP contribution < -0.4 is 17.2 Å². The Bertz CT molecular complexity index is 735. The van der Waals surface area contributed by atoms with Crippen LogP contribution in [0.15, 0.2) is 12.1 Å². The van der Waals surface area contributed by atoms with Crippen molar-refractivity contribution in [2.24, 2.45) is 0 Å². The molecule has 0 amide bonds. The summed E-state index contributed by atoms with van der Waals surface area (Å²) in [4.78, 5) is 32.5. The molecule has 0 bridgehead atoms. The number of carboxylic acid groups (broad SMARTS) is 2. The molecule has 0 atom stereocenters. The average Bonchev–Trinajstić information content (AvgIpc) is 2.55. The third-order valence-corrected chi connectivity index (χ3v) is 3.30. The van der Waals surface area contributed by atoms with E-state index in [0.717, 1.165) is 0 Å². The number of benzene rings is 1. The molecule has 0 saturated heterocycles. The number of carbonyl (C=O) groups is 2. The summed E-state index contributed by atoms with van der Waals surface area (Å²) in [6.07, 6.45) is 0.0795. The normalized spacial score (nSPS) is 10.0. The fourth-order valence-electron chi connectivity index (χ4n) is 2.32. The van der Waals surface area contributed by atoms with Gasteiger partial charge in [-0.2, -0.15) is 15.0 Å². The van der Waals surface area contributed by atoms with Gasteiger partial charge in [0.1, 0.15) is 0 Å². The molecule has 0 aliphatic heterocycles. The lowest BCUT2D eigenvalue weighted by Gasteiger charge is -2.14. The molecule has 12 nitrogen and oxygen atoms in total. The van der Waals surface area contributed by atoms with Crippen LogP contribution in [0.1, 0.15) is 31.8 Å². The second kappa shape index (κ2) is 9.84. The lowest BCUT2D eigenvalue weighted by atomic mass is 9.92. The Labute approximate surface area is 153 Å². The van der Waals surface area contributed by atoms with Crippen LogP contribution in [-0.2, 0) is 12.8 Å². The lowest BCUT2D eigenvalue weighted by molar-refractivity contribution is 0.0678. The van der Waals surface area contributed by atoms with Crippen LogP contribution in [0, 0.1) is 0 Å². The molecule has 1 aromatic heterocycles. The molecule has 0 aliphatic rings. The fraction of sp³-hybridized carbons (Fsp3) is 0.267. The SMILES string of the molecule is Nc1nc(N)nc(N)n1.O=C(O)c1ccc(C(=O)O)c(CCO)c1CCO. The van der Waals surface area contributed by atoms with E-state index >= 15 is 0 Å². The number of aromatic carboxylic acids is 2. The molecule has 1 aromatic carbocycles. The van der Waals surface area contributed by atoms with Gasteiger partial charge in [-0.3, -0.25) is 0 Å². The molecule has 0 saturated carbocycles. The molecule has 0 radical (unpaired) electrons. The molecule has 2 rings (SSSR count). The number of carboxylic acids is 2. The Morgan fingerprint density at radius 3 is 1.26 bits per heavy atom. The Balaban J connectivity index is 0.000000337. The van der Waals surface area contributed by atoms with Crippen molar-refractivity contribution in [2.45, 2.75) is 12.8 Å². The van der Waals surface area contributed by atoms with Crippen molar-refractivity contribution in [3.05, 3.63) is 34.4 Å². The summed E-state index contributed by atoms with van der Waals surface area (Å²) < 4.78 is 0. The largest absolute Gasteiger partial charge is 0.478 e. The van der Waals surface area contributed by atoms with E-state index in [1.807, 2.05) is 0 Å². The molecule has 27 heavy (non-hydrogen) atoms. The van der Waals surface area contributed by atoms with Gasteiger partial charge >= 0.3 is 11.9 Å². The number of aliphatic hydroxyl groups excluding tert-OH is 2. The van der Waals surface area contributed by atoms with E-state index in [1.54, 1.807) is 0 Å². The van der Waals surface area contributed by atoms with Gasteiger partial charge in [-0.15, -0.1) is 0 Å². The van der Waals surface area contributed by atoms with Crippen LogP contribution in [0.2, 0.25) is 0 Å². The molecule has 1 heterocycles. The van der Waals surface area contributed by atoms with E-state index in [0.29, 0.717) is 0 Å². The zero-order valence-electron chi connectivity index (χ0n) is 14.2. The lowest BCUT2D eigenvalue weighted by Crippen LogP contribution is -2.14. The number of rotatable bonds is 6.